The molecule has 0 fully saturated rings. The number of anilines is 1. The molecule has 6 rings (SSSR count). The molecule has 0 aliphatic carbocycles. The number of methoxy groups -OCH3 is 2. The van der Waals surface area contributed by atoms with Crippen molar-refractivity contribution in [3.63, 3.8) is 0 Å². The van der Waals surface area contributed by atoms with Gasteiger partial charge in [-0.3, -0.25) is 57.5 Å². The molecule has 1 atom stereocenters. The number of ketones is 6. The lowest BCUT2D eigenvalue weighted by atomic mass is 9.92. The molecule has 25 nitrogen and oxygen atoms in total. The summed E-state index contributed by atoms with van der Waals surface area (Å²) in [4.78, 5) is 160. The van der Waals surface area contributed by atoms with Crippen LogP contribution in [0.1, 0.15) is 208 Å². The largest absolute Gasteiger partial charge is 0.463 e. The highest BCUT2D eigenvalue weighted by Gasteiger charge is 2.30. The summed E-state index contributed by atoms with van der Waals surface area (Å²) < 4.78 is 8.68. The summed E-state index contributed by atoms with van der Waals surface area (Å²) in [5.74, 6) is -5.53. The Morgan fingerprint density at radius 3 is 0.898 bits per heavy atom. The molecule has 0 aliphatic heterocycles. The molecular formula is C93H116N6O19. The molecule has 6 aromatic carbocycles. The number of ether oxygens (including phenoxy) is 2. The number of esters is 2. The minimum Gasteiger partial charge on any atom is -0.463 e. The maximum absolute atomic E-state index is 12.0. The number of aliphatic hydroxyl groups is 3. The lowest BCUT2D eigenvalue weighted by Gasteiger charge is -2.26. The van der Waals surface area contributed by atoms with Gasteiger partial charge in [-0.05, 0) is 226 Å². The van der Waals surface area contributed by atoms with Crippen LogP contribution >= 0.6 is 0 Å². The Morgan fingerprint density at radius 1 is 0.373 bits per heavy atom. The first-order chi connectivity index (χ1) is 54.4. The second-order valence-corrected chi connectivity index (χ2v) is 31.5. The SMILES string of the molecule is C=C(C)C(=O)NC(C)(C)Cc1ccc(C(=O)C(C)(C)O)cc1.C=CC(=O)NC(C)(C)Cc1ccc(C(=O)C(C)(C)O)cc1.C=CC(=O)NC(C)(C)Cc1ccc(C(=O)C(C)O)cc1.C=CC(=O)NC(C)(C)Cc1ccc(C(C)=O)cc1.C=CC(=O)NC(C)(C)c1ccc(C(=O)C(=O)OC)cc1.C=CC(=O)Nc1ccc(C(=O)C(=O)OC)cc1. The summed E-state index contributed by atoms with van der Waals surface area (Å²) in [5, 5.41) is 45.5. The van der Waals surface area contributed by atoms with Gasteiger partial charge in [0.2, 0.25) is 35.4 Å². The van der Waals surface area contributed by atoms with Gasteiger partial charge in [-0.15, -0.1) is 0 Å². The zero-order valence-electron chi connectivity index (χ0n) is 71.3. The highest BCUT2D eigenvalue weighted by molar-refractivity contribution is 6.41. The lowest BCUT2D eigenvalue weighted by molar-refractivity contribution is -0.135. The van der Waals surface area contributed by atoms with Crippen molar-refractivity contribution in [1.29, 1.82) is 0 Å². The number of Topliss-reactive ketones (excluding diaryl/α,β-unsaturated/α-hetero) is 6. The second-order valence-electron chi connectivity index (χ2n) is 31.5. The van der Waals surface area contributed by atoms with Crippen molar-refractivity contribution < 1.29 is 91.9 Å². The van der Waals surface area contributed by atoms with E-state index in [1.807, 2.05) is 130 Å². The van der Waals surface area contributed by atoms with Crippen LogP contribution in [0.25, 0.3) is 0 Å². The third-order valence-electron chi connectivity index (χ3n) is 16.7. The van der Waals surface area contributed by atoms with E-state index >= 15 is 0 Å². The van der Waals surface area contributed by atoms with Crippen LogP contribution in [-0.2, 0) is 79.1 Å². The van der Waals surface area contributed by atoms with E-state index in [-0.39, 0.29) is 75.2 Å². The number of carbonyl (C=O) groups is 14. The number of nitrogens with one attached hydrogen (secondary N) is 6. The first-order valence-corrected chi connectivity index (χ1v) is 37.2. The molecule has 0 bridgehead atoms. The summed E-state index contributed by atoms with van der Waals surface area (Å²) in [6.45, 7) is 50.3. The van der Waals surface area contributed by atoms with Gasteiger partial charge in [-0.2, -0.15) is 0 Å². The van der Waals surface area contributed by atoms with E-state index < -0.39 is 63.0 Å². The number of aliphatic hydroxyl groups excluding tert-OH is 1. The number of hydrogen-bond acceptors (Lipinski definition) is 19. The van der Waals surface area contributed by atoms with E-state index in [9.17, 15) is 82.4 Å². The van der Waals surface area contributed by atoms with Gasteiger partial charge in [0.1, 0.15) is 17.3 Å². The van der Waals surface area contributed by atoms with Gasteiger partial charge in [0.15, 0.2) is 23.1 Å². The maximum atomic E-state index is 12.0. The van der Waals surface area contributed by atoms with Crippen LogP contribution in [0.2, 0.25) is 0 Å². The van der Waals surface area contributed by atoms with Gasteiger partial charge in [-0.25, -0.2) is 9.59 Å². The zero-order valence-corrected chi connectivity index (χ0v) is 71.3. The van der Waals surface area contributed by atoms with Gasteiger partial charge in [-0.1, -0.05) is 161 Å². The van der Waals surface area contributed by atoms with Gasteiger partial charge in [0.05, 0.1) is 19.8 Å². The maximum Gasteiger partial charge on any atom is 0.379 e. The third kappa shape index (κ3) is 38.2. The molecule has 0 aliphatic rings. The molecular weight excluding hydrogens is 1510 g/mol. The van der Waals surface area contributed by atoms with Crippen molar-refractivity contribution in [1.82, 2.24) is 26.6 Å². The summed E-state index contributed by atoms with van der Waals surface area (Å²) in [6.07, 6.45) is 7.67. The Labute approximate surface area is 693 Å². The molecule has 1 unspecified atom stereocenters. The van der Waals surface area contributed by atoms with Crippen molar-refractivity contribution in [2.24, 2.45) is 0 Å². The molecule has 6 aromatic rings. The van der Waals surface area contributed by atoms with Crippen molar-refractivity contribution >= 4 is 87.8 Å². The van der Waals surface area contributed by atoms with Crippen molar-refractivity contribution in [3.05, 3.63) is 282 Å². The molecule has 0 heterocycles. The third-order valence-corrected chi connectivity index (χ3v) is 16.7. The van der Waals surface area contributed by atoms with E-state index in [1.165, 1.54) is 95.3 Å². The first-order valence-electron chi connectivity index (χ1n) is 37.2. The molecule has 0 radical (unpaired) electrons. The highest BCUT2D eigenvalue weighted by atomic mass is 16.5. The molecule has 632 valence electrons. The molecule has 0 aromatic heterocycles. The number of amides is 6. The topological polar surface area (TPSA) is 390 Å². The van der Waals surface area contributed by atoms with Crippen molar-refractivity contribution in [2.75, 3.05) is 19.5 Å². The Kier molecular flexibility index (Phi) is 41.1. The van der Waals surface area contributed by atoms with E-state index in [2.05, 4.69) is 80.8 Å². The monoisotopic (exact) mass is 1620 g/mol. The molecule has 25 heteroatoms. The van der Waals surface area contributed by atoms with Gasteiger partial charge < -0.3 is 56.7 Å². The first kappa shape index (κ1) is 103. The normalized spacial score (nSPS) is 11.2. The zero-order chi connectivity index (χ0) is 90.7. The second kappa shape index (κ2) is 46.8. The molecule has 9 N–H and O–H groups in total. The van der Waals surface area contributed by atoms with E-state index in [0.717, 1.165) is 48.1 Å². The van der Waals surface area contributed by atoms with Crippen LogP contribution in [0.15, 0.2) is 221 Å². The molecule has 0 spiro atoms. The lowest BCUT2D eigenvalue weighted by Crippen LogP contribution is -2.45. The Bertz CT molecular complexity index is 4590. The molecule has 6 amide bonds. The number of benzene rings is 6. The van der Waals surface area contributed by atoms with Gasteiger partial charge >= 0.3 is 11.9 Å². The van der Waals surface area contributed by atoms with Crippen molar-refractivity contribution in [2.45, 2.75) is 188 Å². The average Bonchev–Trinajstić information content (AvgIpc) is 0.838. The van der Waals surface area contributed by atoms with Crippen LogP contribution in [0.4, 0.5) is 5.69 Å². The van der Waals surface area contributed by atoms with E-state index in [0.29, 0.717) is 59.2 Å². The fourth-order valence-corrected chi connectivity index (χ4v) is 10.7. The summed E-state index contributed by atoms with van der Waals surface area (Å²) in [6, 6.07) is 40.9. The molecule has 0 saturated heterocycles. The van der Waals surface area contributed by atoms with Gasteiger partial charge in [0, 0.05) is 66.8 Å². The van der Waals surface area contributed by atoms with Crippen LogP contribution in [0, 0.1) is 0 Å². The smallest absolute Gasteiger partial charge is 0.379 e. The predicted octanol–water partition coefficient (Wildman–Crippen LogP) is 12.0. The number of hydrogen-bond donors (Lipinski definition) is 9. The predicted molar refractivity (Wildman–Crippen MR) is 458 cm³/mol. The summed E-state index contributed by atoms with van der Waals surface area (Å²) in [7, 11) is 2.29. The summed E-state index contributed by atoms with van der Waals surface area (Å²) in [5.41, 5.74) is 3.49. The van der Waals surface area contributed by atoms with Crippen LogP contribution in [-0.4, -0.2) is 151 Å². The highest BCUT2D eigenvalue weighted by Crippen LogP contribution is 2.24. The van der Waals surface area contributed by atoms with Crippen LogP contribution < -0.4 is 31.9 Å². The number of rotatable bonds is 32. The van der Waals surface area contributed by atoms with E-state index in [1.54, 1.807) is 62.4 Å². The quantitative estimate of drug-likeness (QED) is 0.00819. The van der Waals surface area contributed by atoms with Crippen molar-refractivity contribution in [3.8, 4) is 0 Å². The standard InChI is InChI=1S/C18H25NO3.C17H23NO3.C16H21NO3.C15H17NO4.C15H19NO2.C12H11NO4/c1-12(2)16(21)19-17(3,4)11-13-7-9-14(10-8-13)15(20)18(5,6)22;1-6-14(19)18-16(2,3)11-12-7-9-13(10-8-12)15(20)17(4,5)21;1-5-14(19)17-16(3,4)10-12-6-8-13(9-7-12)15(20)11(2)18;1-5-12(17)16-15(2,3)11-8-6-10(7-9-11)13(18)14(19)20-4;1-5-14(18)16-15(3,4)10-12-6-8-13(9-7-12)11(2)17;1-3-10(14)13-9-6-4-8(5-7-9)11(15)12(16)17-2/h7-10,22H,1,11H2,2-6H3,(H,19,21);6-10,21H,1,11H2,2-5H3,(H,18,19);5-9,11,18H,1,10H2,2-4H3,(H,17,19);5-9H,1H2,2-4H3,(H,16,17);5-9H,1,10H2,2-4H3,(H,16,18);3-7H,1H2,2H3,(H,13,14). The molecule has 118 heavy (non-hydrogen) atoms. The minimum absolute atomic E-state index is 0.0563. The van der Waals surface area contributed by atoms with Gasteiger partial charge in [0.25, 0.3) is 11.6 Å². The number of carbonyl (C=O) groups excluding carboxylic acids is 14. The Hall–Kier alpha value is -12.6. The Morgan fingerprint density at radius 2 is 0.636 bits per heavy atom. The average molecular weight is 1620 g/mol. The minimum atomic E-state index is -1.38. The van der Waals surface area contributed by atoms with Crippen LogP contribution in [0.5, 0.6) is 0 Å². The Balaban J connectivity index is 0.000000709. The fraction of sp³-hybridized carbons (Fsp3) is 0.333. The molecule has 0 saturated carbocycles. The fourth-order valence-electron chi connectivity index (χ4n) is 10.7. The van der Waals surface area contributed by atoms with E-state index in [4.69, 9.17) is 0 Å². The summed E-state index contributed by atoms with van der Waals surface area (Å²) >= 11 is 0. The van der Waals surface area contributed by atoms with Crippen LogP contribution in [0.3, 0.4) is 0 Å².